The number of halogens is 1. The lowest BCUT2D eigenvalue weighted by molar-refractivity contribution is 0.102. The number of benzene rings is 1. The van der Waals surface area contributed by atoms with Crippen molar-refractivity contribution in [3.8, 4) is 0 Å². The molecule has 0 bridgehead atoms. The minimum atomic E-state index is -0.414. The lowest BCUT2D eigenvalue weighted by atomic mass is 10.2. The second kappa shape index (κ2) is 6.42. The molecule has 6 heteroatoms. The first kappa shape index (κ1) is 13.7. The van der Waals surface area contributed by atoms with E-state index in [1.807, 2.05) is 0 Å². The number of aromatic nitrogens is 2. The quantitative estimate of drug-likeness (QED) is 0.820. The van der Waals surface area contributed by atoms with Crippen LogP contribution in [0.5, 0.6) is 0 Å². The number of anilines is 2. The van der Waals surface area contributed by atoms with Gasteiger partial charge < -0.3 is 10.6 Å². The molecule has 0 atom stereocenters. The summed E-state index contributed by atoms with van der Waals surface area (Å²) in [6, 6.07) is 5.66. The van der Waals surface area contributed by atoms with Gasteiger partial charge in [0.1, 0.15) is 5.82 Å². The van der Waals surface area contributed by atoms with Crippen LogP contribution in [0.3, 0.4) is 0 Å². The van der Waals surface area contributed by atoms with Crippen LogP contribution in [0.4, 0.5) is 16.0 Å². The summed E-state index contributed by atoms with van der Waals surface area (Å²) in [5.41, 5.74) is 0.669. The van der Waals surface area contributed by atoms with E-state index < -0.39 is 11.7 Å². The molecule has 0 aliphatic rings. The van der Waals surface area contributed by atoms with Gasteiger partial charge >= 0.3 is 0 Å². The Labute approximate surface area is 115 Å². The molecule has 1 amide bonds. The maximum absolute atomic E-state index is 13.0. The van der Waals surface area contributed by atoms with Crippen molar-refractivity contribution in [2.24, 2.45) is 0 Å². The predicted molar refractivity (Wildman–Crippen MR) is 75.1 cm³/mol. The summed E-state index contributed by atoms with van der Waals surface area (Å²) in [7, 11) is 0. The van der Waals surface area contributed by atoms with Crippen LogP contribution >= 0.6 is 0 Å². The second-order valence-corrected chi connectivity index (χ2v) is 3.93. The Kier molecular flexibility index (Phi) is 4.39. The number of carbonyl (C=O) groups excluding carboxylic acids is 1. The first-order valence-corrected chi connectivity index (χ1v) is 5.93. The minimum Gasteiger partial charge on any atom is -0.351 e. The van der Waals surface area contributed by atoms with Gasteiger partial charge in [0, 0.05) is 24.6 Å². The predicted octanol–water partition coefficient (Wildman–Crippen LogP) is 2.47. The molecule has 0 unspecified atom stereocenters. The largest absolute Gasteiger partial charge is 0.351 e. The number of rotatable bonds is 5. The van der Waals surface area contributed by atoms with Crippen molar-refractivity contribution in [1.82, 2.24) is 9.97 Å². The van der Waals surface area contributed by atoms with Crippen LogP contribution in [0.15, 0.2) is 49.3 Å². The Balaban J connectivity index is 2.03. The highest BCUT2D eigenvalue weighted by molar-refractivity contribution is 6.03. The summed E-state index contributed by atoms with van der Waals surface area (Å²) in [6.07, 6.45) is 4.47. The zero-order chi connectivity index (χ0) is 14.4. The van der Waals surface area contributed by atoms with Gasteiger partial charge in [-0.25, -0.2) is 14.4 Å². The fraction of sp³-hybridized carbons (Fsp3) is 0.0714. The van der Waals surface area contributed by atoms with Crippen LogP contribution in [0.1, 0.15) is 10.4 Å². The smallest absolute Gasteiger partial charge is 0.258 e. The molecule has 0 radical (unpaired) electrons. The number of hydrogen-bond acceptors (Lipinski definition) is 4. The van der Waals surface area contributed by atoms with Crippen LogP contribution in [0, 0.1) is 5.82 Å². The molecule has 0 aliphatic carbocycles. The molecular formula is C14H13FN4O. The van der Waals surface area contributed by atoms with Crippen molar-refractivity contribution in [3.05, 3.63) is 60.7 Å². The van der Waals surface area contributed by atoms with E-state index in [9.17, 15) is 9.18 Å². The SMILES string of the molecule is C=CCNc1ncc(C(=O)Nc2cccc(F)c2)cn1. The fourth-order valence-electron chi connectivity index (χ4n) is 1.47. The number of amides is 1. The van der Waals surface area contributed by atoms with Gasteiger partial charge in [0.25, 0.3) is 5.91 Å². The highest BCUT2D eigenvalue weighted by atomic mass is 19.1. The van der Waals surface area contributed by atoms with E-state index >= 15 is 0 Å². The number of carbonyl (C=O) groups is 1. The third kappa shape index (κ3) is 3.61. The summed E-state index contributed by atoms with van der Waals surface area (Å²) < 4.78 is 13.0. The van der Waals surface area contributed by atoms with E-state index in [2.05, 4.69) is 27.2 Å². The maximum atomic E-state index is 13.0. The Morgan fingerprint density at radius 3 is 2.75 bits per heavy atom. The summed E-state index contributed by atoms with van der Waals surface area (Å²) >= 11 is 0. The molecule has 0 spiro atoms. The maximum Gasteiger partial charge on any atom is 0.258 e. The number of nitrogens with one attached hydrogen (secondary N) is 2. The van der Waals surface area contributed by atoms with Gasteiger partial charge in [-0.2, -0.15) is 0 Å². The van der Waals surface area contributed by atoms with Gasteiger partial charge in [-0.1, -0.05) is 12.1 Å². The summed E-state index contributed by atoms with van der Waals surface area (Å²) in [4.78, 5) is 19.9. The Bertz CT molecular complexity index is 613. The van der Waals surface area contributed by atoms with Crippen LogP contribution in [-0.4, -0.2) is 22.4 Å². The Morgan fingerprint density at radius 2 is 2.10 bits per heavy atom. The topological polar surface area (TPSA) is 66.9 Å². The first-order valence-electron chi connectivity index (χ1n) is 5.93. The van der Waals surface area contributed by atoms with Crippen LogP contribution in [0.2, 0.25) is 0 Å². The number of nitrogens with zero attached hydrogens (tertiary/aromatic N) is 2. The van der Waals surface area contributed by atoms with Crippen molar-refractivity contribution in [2.75, 3.05) is 17.2 Å². The highest BCUT2D eigenvalue weighted by Gasteiger charge is 2.07. The number of hydrogen-bond donors (Lipinski definition) is 2. The van der Waals surface area contributed by atoms with Crippen molar-refractivity contribution in [2.45, 2.75) is 0 Å². The van der Waals surface area contributed by atoms with Gasteiger partial charge in [-0.15, -0.1) is 6.58 Å². The van der Waals surface area contributed by atoms with Crippen LogP contribution < -0.4 is 10.6 Å². The van der Waals surface area contributed by atoms with Gasteiger partial charge in [-0.3, -0.25) is 4.79 Å². The first-order chi connectivity index (χ1) is 9.69. The normalized spacial score (nSPS) is 9.85. The lowest BCUT2D eigenvalue weighted by Crippen LogP contribution is -2.13. The molecule has 0 fully saturated rings. The molecule has 0 aliphatic heterocycles. The van der Waals surface area contributed by atoms with E-state index in [4.69, 9.17) is 0 Å². The molecule has 2 aromatic rings. The minimum absolute atomic E-state index is 0.290. The highest BCUT2D eigenvalue weighted by Crippen LogP contribution is 2.11. The van der Waals surface area contributed by atoms with E-state index in [1.165, 1.54) is 30.6 Å². The standard InChI is InChI=1S/C14H13FN4O/c1-2-6-16-14-17-8-10(9-18-14)13(20)19-12-5-3-4-11(15)7-12/h2-5,7-9H,1,6H2,(H,19,20)(H,16,17,18). The monoisotopic (exact) mass is 272 g/mol. The zero-order valence-electron chi connectivity index (χ0n) is 10.6. The summed E-state index contributed by atoms with van der Waals surface area (Å²) in [5.74, 6) is -0.402. The molecule has 20 heavy (non-hydrogen) atoms. The van der Waals surface area contributed by atoms with Crippen molar-refractivity contribution in [1.29, 1.82) is 0 Å². The molecule has 1 aromatic heterocycles. The molecule has 2 N–H and O–H groups in total. The van der Waals surface area contributed by atoms with E-state index in [1.54, 1.807) is 12.1 Å². The third-order valence-corrected chi connectivity index (χ3v) is 2.40. The molecular weight excluding hydrogens is 259 g/mol. The fourth-order valence-corrected chi connectivity index (χ4v) is 1.47. The summed E-state index contributed by atoms with van der Waals surface area (Å²) in [6.45, 7) is 4.10. The van der Waals surface area contributed by atoms with Gasteiger partial charge in [-0.05, 0) is 18.2 Å². The van der Waals surface area contributed by atoms with E-state index in [0.717, 1.165) is 0 Å². The second-order valence-electron chi connectivity index (χ2n) is 3.93. The van der Waals surface area contributed by atoms with E-state index in [-0.39, 0.29) is 0 Å². The van der Waals surface area contributed by atoms with Gasteiger partial charge in [0.15, 0.2) is 0 Å². The van der Waals surface area contributed by atoms with Gasteiger partial charge in [0.05, 0.1) is 5.56 Å². The molecule has 102 valence electrons. The Morgan fingerprint density at radius 1 is 1.35 bits per heavy atom. The van der Waals surface area contributed by atoms with Crippen molar-refractivity contribution < 1.29 is 9.18 Å². The molecule has 1 heterocycles. The molecule has 0 saturated heterocycles. The molecule has 5 nitrogen and oxygen atoms in total. The van der Waals surface area contributed by atoms with Crippen molar-refractivity contribution in [3.63, 3.8) is 0 Å². The zero-order valence-corrected chi connectivity index (χ0v) is 10.6. The Hall–Kier alpha value is -2.76. The lowest BCUT2D eigenvalue weighted by Gasteiger charge is -2.05. The average molecular weight is 272 g/mol. The van der Waals surface area contributed by atoms with Gasteiger partial charge in [0.2, 0.25) is 5.95 Å². The molecule has 1 aromatic carbocycles. The van der Waals surface area contributed by atoms with Crippen LogP contribution in [0.25, 0.3) is 0 Å². The molecule has 2 rings (SSSR count). The summed E-state index contributed by atoms with van der Waals surface area (Å²) in [5, 5.41) is 5.46. The third-order valence-electron chi connectivity index (χ3n) is 2.40. The average Bonchev–Trinajstić information content (AvgIpc) is 2.45. The van der Waals surface area contributed by atoms with Crippen molar-refractivity contribution >= 4 is 17.5 Å². The molecule has 0 saturated carbocycles. The van der Waals surface area contributed by atoms with Crippen LogP contribution in [-0.2, 0) is 0 Å². The van der Waals surface area contributed by atoms with E-state index in [0.29, 0.717) is 23.7 Å².